The van der Waals surface area contributed by atoms with Crippen molar-refractivity contribution in [3.8, 4) is 17.2 Å². The molecule has 2 fully saturated rings. The molecular formula is C21H29NO6. The number of methoxy groups -OCH3 is 3. The van der Waals surface area contributed by atoms with Crippen molar-refractivity contribution in [1.29, 1.82) is 0 Å². The van der Waals surface area contributed by atoms with Crippen LogP contribution in [0.5, 0.6) is 17.2 Å². The lowest BCUT2D eigenvalue weighted by molar-refractivity contribution is -0.163. The monoisotopic (exact) mass is 391 g/mol. The summed E-state index contributed by atoms with van der Waals surface area (Å²) in [5.74, 6) is 1.44. The van der Waals surface area contributed by atoms with Gasteiger partial charge < -0.3 is 23.8 Å². The van der Waals surface area contributed by atoms with Crippen LogP contribution in [0.2, 0.25) is 0 Å². The van der Waals surface area contributed by atoms with Crippen molar-refractivity contribution in [2.45, 2.75) is 57.0 Å². The third-order valence-corrected chi connectivity index (χ3v) is 5.85. The molecule has 0 saturated carbocycles. The number of nitrogens with zero attached hydrogens (tertiary/aromatic N) is 1. The van der Waals surface area contributed by atoms with E-state index in [0.717, 1.165) is 18.4 Å². The average Bonchev–Trinajstić information content (AvgIpc) is 3.01. The van der Waals surface area contributed by atoms with Crippen LogP contribution in [0.15, 0.2) is 12.1 Å². The molecule has 0 spiro atoms. The van der Waals surface area contributed by atoms with Crippen molar-refractivity contribution in [1.82, 2.24) is 4.90 Å². The SMILES string of the molecule is CCOC(=O)[C@]12CCCCC(=O)N1C(c1c(OC)cc(OC)cc1OC)CC2. The molecule has 1 aromatic rings. The van der Waals surface area contributed by atoms with Gasteiger partial charge in [-0.3, -0.25) is 4.79 Å². The van der Waals surface area contributed by atoms with Gasteiger partial charge in [-0.05, 0) is 39.0 Å². The fourth-order valence-electron chi connectivity index (χ4n) is 4.60. The number of ether oxygens (including phenoxy) is 4. The molecule has 2 saturated heterocycles. The van der Waals surface area contributed by atoms with E-state index in [2.05, 4.69) is 0 Å². The second-order valence-corrected chi connectivity index (χ2v) is 7.22. The fourth-order valence-corrected chi connectivity index (χ4v) is 4.60. The molecule has 1 amide bonds. The second kappa shape index (κ2) is 8.29. The van der Waals surface area contributed by atoms with Crippen LogP contribution in [0, 0.1) is 0 Å². The first-order chi connectivity index (χ1) is 13.5. The molecule has 0 aliphatic carbocycles. The minimum Gasteiger partial charge on any atom is -0.496 e. The quantitative estimate of drug-likeness (QED) is 0.693. The molecule has 2 atom stereocenters. The van der Waals surface area contributed by atoms with E-state index in [1.165, 1.54) is 0 Å². The van der Waals surface area contributed by atoms with Gasteiger partial charge in [0.25, 0.3) is 0 Å². The Morgan fingerprint density at radius 2 is 1.79 bits per heavy atom. The summed E-state index contributed by atoms with van der Waals surface area (Å²) < 4.78 is 22.0. The topological polar surface area (TPSA) is 74.3 Å². The van der Waals surface area contributed by atoms with Gasteiger partial charge in [-0.2, -0.15) is 0 Å². The lowest BCUT2D eigenvalue weighted by Gasteiger charge is -2.38. The van der Waals surface area contributed by atoms with Gasteiger partial charge in [0, 0.05) is 18.6 Å². The van der Waals surface area contributed by atoms with Crippen molar-refractivity contribution in [2.24, 2.45) is 0 Å². The molecular weight excluding hydrogens is 362 g/mol. The van der Waals surface area contributed by atoms with Gasteiger partial charge in [-0.15, -0.1) is 0 Å². The van der Waals surface area contributed by atoms with Crippen LogP contribution in [0.1, 0.15) is 57.1 Å². The number of hydrogen-bond donors (Lipinski definition) is 0. The summed E-state index contributed by atoms with van der Waals surface area (Å²) in [5, 5.41) is 0. The van der Waals surface area contributed by atoms with Crippen LogP contribution in [0.4, 0.5) is 0 Å². The fraction of sp³-hybridized carbons (Fsp3) is 0.619. The van der Waals surface area contributed by atoms with Gasteiger partial charge in [0.1, 0.15) is 22.8 Å². The molecule has 1 unspecified atom stereocenters. The highest BCUT2D eigenvalue weighted by Gasteiger charge is 2.56. The van der Waals surface area contributed by atoms with E-state index in [9.17, 15) is 9.59 Å². The average molecular weight is 391 g/mol. The van der Waals surface area contributed by atoms with Crippen LogP contribution < -0.4 is 14.2 Å². The highest BCUT2D eigenvalue weighted by Crippen LogP contribution is 2.52. The first-order valence-corrected chi connectivity index (χ1v) is 9.81. The largest absolute Gasteiger partial charge is 0.496 e. The van der Waals surface area contributed by atoms with E-state index >= 15 is 0 Å². The second-order valence-electron chi connectivity index (χ2n) is 7.22. The molecule has 0 N–H and O–H groups in total. The van der Waals surface area contributed by atoms with E-state index in [4.69, 9.17) is 18.9 Å². The number of hydrogen-bond acceptors (Lipinski definition) is 6. The molecule has 2 heterocycles. The third kappa shape index (κ3) is 3.27. The van der Waals surface area contributed by atoms with Crippen LogP contribution in [0.3, 0.4) is 0 Å². The van der Waals surface area contributed by atoms with E-state index in [1.54, 1.807) is 45.3 Å². The van der Waals surface area contributed by atoms with E-state index in [0.29, 0.717) is 49.5 Å². The van der Waals surface area contributed by atoms with Gasteiger partial charge in [0.15, 0.2) is 0 Å². The summed E-state index contributed by atoms with van der Waals surface area (Å²) >= 11 is 0. The summed E-state index contributed by atoms with van der Waals surface area (Å²) in [6, 6.07) is 3.25. The number of benzene rings is 1. The van der Waals surface area contributed by atoms with Crippen LogP contribution in [-0.2, 0) is 14.3 Å². The molecule has 0 radical (unpaired) electrons. The van der Waals surface area contributed by atoms with E-state index in [1.807, 2.05) is 0 Å². The molecule has 2 aliphatic rings. The summed E-state index contributed by atoms with van der Waals surface area (Å²) in [7, 11) is 4.73. The van der Waals surface area contributed by atoms with E-state index < -0.39 is 5.54 Å². The summed E-state index contributed by atoms with van der Waals surface area (Å²) in [4.78, 5) is 27.9. The standard InChI is InChI=1S/C21H29NO6/c1-5-28-20(24)21-10-7-6-8-18(23)22(21)15(9-11-21)19-16(26-3)12-14(25-2)13-17(19)27-4/h12-13,15H,5-11H2,1-4H3/t15?,21-/m1/s1. The molecule has 0 bridgehead atoms. The Labute approximate surface area is 165 Å². The van der Waals surface area contributed by atoms with Crippen LogP contribution in [0.25, 0.3) is 0 Å². The minimum absolute atomic E-state index is 0.0204. The Balaban J connectivity index is 2.13. The minimum atomic E-state index is -0.912. The Hall–Kier alpha value is -2.44. The number of esters is 1. The highest BCUT2D eigenvalue weighted by atomic mass is 16.5. The lowest BCUT2D eigenvalue weighted by Crippen LogP contribution is -2.53. The number of amides is 1. The van der Waals surface area contributed by atoms with E-state index in [-0.39, 0.29) is 17.9 Å². The van der Waals surface area contributed by atoms with Gasteiger partial charge in [0.05, 0.1) is 39.5 Å². The summed E-state index contributed by atoms with van der Waals surface area (Å²) in [6.07, 6.45) is 3.86. The molecule has 7 nitrogen and oxygen atoms in total. The number of carbonyl (C=O) groups excluding carboxylic acids is 2. The number of fused-ring (bicyclic) bond motifs is 1. The van der Waals surface area contributed by atoms with Crippen molar-refractivity contribution in [2.75, 3.05) is 27.9 Å². The molecule has 0 aromatic heterocycles. The first-order valence-electron chi connectivity index (χ1n) is 9.81. The molecule has 2 aliphatic heterocycles. The van der Waals surface area contributed by atoms with Gasteiger partial charge in [-0.1, -0.05) is 0 Å². The Bertz CT molecular complexity index is 723. The maximum atomic E-state index is 13.1. The molecule has 7 heteroatoms. The first kappa shape index (κ1) is 20.3. The molecule has 3 rings (SSSR count). The van der Waals surface area contributed by atoms with Crippen molar-refractivity contribution in [3.05, 3.63) is 17.7 Å². The summed E-state index contributed by atoms with van der Waals surface area (Å²) in [6.45, 7) is 2.09. The number of rotatable bonds is 6. The Kier molecular flexibility index (Phi) is 6.01. The number of carbonyl (C=O) groups is 2. The van der Waals surface area contributed by atoms with Gasteiger partial charge in [0.2, 0.25) is 5.91 Å². The lowest BCUT2D eigenvalue weighted by atomic mass is 9.91. The highest BCUT2D eigenvalue weighted by molar-refractivity contribution is 5.90. The predicted molar refractivity (Wildman–Crippen MR) is 103 cm³/mol. The zero-order chi connectivity index (χ0) is 20.3. The Morgan fingerprint density at radius 3 is 2.36 bits per heavy atom. The Morgan fingerprint density at radius 1 is 1.11 bits per heavy atom. The van der Waals surface area contributed by atoms with Gasteiger partial charge >= 0.3 is 5.97 Å². The maximum absolute atomic E-state index is 13.1. The smallest absolute Gasteiger partial charge is 0.332 e. The third-order valence-electron chi connectivity index (χ3n) is 5.85. The van der Waals surface area contributed by atoms with Crippen molar-refractivity contribution < 1.29 is 28.5 Å². The van der Waals surface area contributed by atoms with Crippen LogP contribution >= 0.6 is 0 Å². The summed E-state index contributed by atoms with van der Waals surface area (Å²) in [5.41, 5.74) is -0.142. The molecule has 28 heavy (non-hydrogen) atoms. The molecule has 1 aromatic carbocycles. The zero-order valence-corrected chi connectivity index (χ0v) is 17.1. The van der Waals surface area contributed by atoms with Crippen molar-refractivity contribution >= 4 is 11.9 Å². The predicted octanol–water partition coefficient (Wildman–Crippen LogP) is 3.25. The molecule has 154 valence electrons. The maximum Gasteiger partial charge on any atom is 0.332 e. The van der Waals surface area contributed by atoms with Crippen molar-refractivity contribution in [3.63, 3.8) is 0 Å². The van der Waals surface area contributed by atoms with Crippen LogP contribution in [-0.4, -0.2) is 50.3 Å². The normalized spacial score (nSPS) is 24.4. The van der Waals surface area contributed by atoms with Gasteiger partial charge in [-0.25, -0.2) is 4.79 Å². The zero-order valence-electron chi connectivity index (χ0n) is 17.1.